The first-order chi connectivity index (χ1) is 17.0. The maximum absolute atomic E-state index is 12.6. The van der Waals surface area contributed by atoms with Gasteiger partial charge >= 0.3 is 0 Å². The molecule has 0 aliphatic heterocycles. The Labute approximate surface area is 214 Å². The molecule has 0 aromatic heterocycles. The van der Waals surface area contributed by atoms with Crippen LogP contribution in [0.4, 0.5) is 0 Å². The highest BCUT2D eigenvalue weighted by Gasteiger charge is 2.13. The van der Waals surface area contributed by atoms with Crippen molar-refractivity contribution in [3.05, 3.63) is 81.8 Å². The molecule has 0 radical (unpaired) electrons. The minimum absolute atomic E-state index is 0.364. The van der Waals surface area contributed by atoms with E-state index in [1.807, 2.05) is 63.2 Å². The Morgan fingerprint density at radius 2 is 1.54 bits per heavy atom. The molecule has 0 spiro atoms. The lowest BCUT2D eigenvalue weighted by molar-refractivity contribution is 0.0954. The van der Waals surface area contributed by atoms with Crippen LogP contribution in [0.25, 0.3) is 0 Å². The summed E-state index contributed by atoms with van der Waals surface area (Å²) in [5.41, 5.74) is 4.74. The predicted molar refractivity (Wildman–Crippen MR) is 140 cm³/mol. The third kappa shape index (κ3) is 7.48. The largest absolute Gasteiger partial charge is 0.490 e. The Bertz CT molecular complexity index is 1150. The van der Waals surface area contributed by atoms with E-state index in [-0.39, 0.29) is 5.91 Å². The summed E-state index contributed by atoms with van der Waals surface area (Å²) in [6.07, 6.45) is 1.55. The second kappa shape index (κ2) is 13.4. The van der Waals surface area contributed by atoms with Gasteiger partial charge in [-0.05, 0) is 78.2 Å². The maximum Gasteiger partial charge on any atom is 0.271 e. The van der Waals surface area contributed by atoms with Crippen LogP contribution in [-0.4, -0.2) is 31.9 Å². The van der Waals surface area contributed by atoms with E-state index in [2.05, 4.69) is 26.5 Å². The van der Waals surface area contributed by atoms with E-state index in [9.17, 15) is 4.79 Å². The van der Waals surface area contributed by atoms with Crippen molar-refractivity contribution in [1.29, 1.82) is 0 Å². The molecule has 0 saturated heterocycles. The summed E-state index contributed by atoms with van der Waals surface area (Å²) < 4.78 is 23.6. The Kier molecular flexibility index (Phi) is 9.98. The molecule has 0 aliphatic rings. The highest BCUT2D eigenvalue weighted by molar-refractivity contribution is 9.10. The normalized spacial score (nSPS) is 10.7. The number of carbonyl (C=O) groups is 1. The third-order valence-corrected chi connectivity index (χ3v) is 5.33. The van der Waals surface area contributed by atoms with Crippen molar-refractivity contribution in [1.82, 2.24) is 5.43 Å². The van der Waals surface area contributed by atoms with Gasteiger partial charge in [-0.2, -0.15) is 5.10 Å². The van der Waals surface area contributed by atoms with Crippen molar-refractivity contribution in [2.75, 3.05) is 19.8 Å². The standard InChI is InChI=1S/C27H29BrN2O5/c1-4-32-23-13-12-21(16-24(23)33-5-2)27(31)30-29-17-20-14-22(28)26(25(15-20)34-6-3)35-18-19-10-8-7-9-11-19/h7-17H,4-6,18H2,1-3H3,(H,30,31)/b29-17+. The number of hydrazone groups is 1. The molecule has 0 bridgehead atoms. The summed E-state index contributed by atoms with van der Waals surface area (Å²) in [4.78, 5) is 12.6. The Morgan fingerprint density at radius 1 is 0.857 bits per heavy atom. The van der Waals surface area contributed by atoms with Crippen LogP contribution in [0.15, 0.2) is 70.2 Å². The minimum atomic E-state index is -0.364. The fourth-order valence-corrected chi connectivity index (χ4v) is 3.79. The smallest absolute Gasteiger partial charge is 0.271 e. The number of amides is 1. The number of benzene rings is 3. The lowest BCUT2D eigenvalue weighted by Crippen LogP contribution is -2.17. The maximum atomic E-state index is 12.6. The fraction of sp³-hybridized carbons (Fsp3) is 0.259. The van der Waals surface area contributed by atoms with Crippen LogP contribution in [0.2, 0.25) is 0 Å². The van der Waals surface area contributed by atoms with E-state index in [0.29, 0.717) is 55.0 Å². The number of ether oxygens (including phenoxy) is 4. The van der Waals surface area contributed by atoms with Crippen molar-refractivity contribution in [3.63, 3.8) is 0 Å². The van der Waals surface area contributed by atoms with Crippen LogP contribution in [0, 0.1) is 0 Å². The van der Waals surface area contributed by atoms with Crippen molar-refractivity contribution < 1.29 is 23.7 Å². The van der Waals surface area contributed by atoms with E-state index in [4.69, 9.17) is 18.9 Å². The molecule has 8 heteroatoms. The SMILES string of the molecule is CCOc1ccc(C(=O)N/N=C/c2cc(Br)c(OCc3ccccc3)c(OCC)c2)cc1OCC. The van der Waals surface area contributed by atoms with Gasteiger partial charge in [-0.3, -0.25) is 4.79 Å². The molecule has 0 aliphatic carbocycles. The predicted octanol–water partition coefficient (Wildman–Crippen LogP) is 5.99. The van der Waals surface area contributed by atoms with Crippen LogP contribution >= 0.6 is 15.9 Å². The summed E-state index contributed by atoms with van der Waals surface area (Å²) in [7, 11) is 0. The van der Waals surface area contributed by atoms with Gasteiger partial charge in [0.15, 0.2) is 23.0 Å². The van der Waals surface area contributed by atoms with E-state index < -0.39 is 0 Å². The number of hydrogen-bond donors (Lipinski definition) is 1. The number of halogens is 1. The van der Waals surface area contributed by atoms with Crippen LogP contribution in [0.5, 0.6) is 23.0 Å². The molecule has 35 heavy (non-hydrogen) atoms. The quantitative estimate of drug-likeness (QED) is 0.225. The van der Waals surface area contributed by atoms with E-state index in [0.717, 1.165) is 15.6 Å². The van der Waals surface area contributed by atoms with Crippen LogP contribution in [0.3, 0.4) is 0 Å². The van der Waals surface area contributed by atoms with Gasteiger partial charge in [-0.25, -0.2) is 5.43 Å². The van der Waals surface area contributed by atoms with E-state index >= 15 is 0 Å². The average Bonchev–Trinajstić information content (AvgIpc) is 2.85. The number of nitrogens with one attached hydrogen (secondary N) is 1. The zero-order chi connectivity index (χ0) is 25.0. The number of rotatable bonds is 12. The number of hydrogen-bond acceptors (Lipinski definition) is 6. The molecule has 7 nitrogen and oxygen atoms in total. The first kappa shape index (κ1) is 26.1. The Morgan fingerprint density at radius 3 is 2.26 bits per heavy atom. The zero-order valence-electron chi connectivity index (χ0n) is 20.0. The van der Waals surface area contributed by atoms with E-state index in [1.54, 1.807) is 24.4 Å². The molecule has 3 aromatic carbocycles. The van der Waals surface area contributed by atoms with Gasteiger partial charge in [-0.1, -0.05) is 30.3 Å². The van der Waals surface area contributed by atoms with Crippen molar-refractivity contribution in [2.24, 2.45) is 5.10 Å². The van der Waals surface area contributed by atoms with Crippen LogP contribution in [0.1, 0.15) is 42.3 Å². The molecule has 3 aromatic rings. The van der Waals surface area contributed by atoms with E-state index in [1.165, 1.54) is 0 Å². The molecule has 0 atom stereocenters. The summed E-state index contributed by atoms with van der Waals surface area (Å²) in [6, 6.07) is 18.6. The highest BCUT2D eigenvalue weighted by Crippen LogP contribution is 2.37. The van der Waals surface area contributed by atoms with Crippen molar-refractivity contribution >= 4 is 28.1 Å². The molecule has 1 amide bonds. The lowest BCUT2D eigenvalue weighted by atomic mass is 10.2. The van der Waals surface area contributed by atoms with Crippen LogP contribution < -0.4 is 24.4 Å². The molecular formula is C27H29BrN2O5. The highest BCUT2D eigenvalue weighted by atomic mass is 79.9. The first-order valence-corrected chi connectivity index (χ1v) is 12.2. The van der Waals surface area contributed by atoms with Gasteiger partial charge < -0.3 is 18.9 Å². The Hall–Kier alpha value is -3.52. The second-order valence-corrected chi connectivity index (χ2v) is 8.12. The summed E-state index contributed by atoms with van der Waals surface area (Å²) in [5.74, 6) is 1.94. The zero-order valence-corrected chi connectivity index (χ0v) is 21.6. The van der Waals surface area contributed by atoms with Crippen LogP contribution in [-0.2, 0) is 6.61 Å². The molecule has 0 heterocycles. The Balaban J connectivity index is 1.71. The summed E-state index contributed by atoms with van der Waals surface area (Å²) >= 11 is 3.56. The van der Waals surface area contributed by atoms with Gasteiger partial charge in [0, 0.05) is 5.56 Å². The lowest BCUT2D eigenvalue weighted by Gasteiger charge is -2.14. The number of nitrogens with zero attached hydrogens (tertiary/aromatic N) is 1. The molecule has 184 valence electrons. The topological polar surface area (TPSA) is 78.4 Å². The molecule has 3 rings (SSSR count). The van der Waals surface area contributed by atoms with Gasteiger partial charge in [0.2, 0.25) is 0 Å². The second-order valence-electron chi connectivity index (χ2n) is 7.26. The van der Waals surface area contributed by atoms with Gasteiger partial charge in [0.25, 0.3) is 5.91 Å². The molecule has 0 fully saturated rings. The number of carbonyl (C=O) groups excluding carboxylic acids is 1. The van der Waals surface area contributed by atoms with Gasteiger partial charge in [-0.15, -0.1) is 0 Å². The molecule has 0 saturated carbocycles. The molecular weight excluding hydrogens is 512 g/mol. The third-order valence-electron chi connectivity index (χ3n) is 4.74. The fourth-order valence-electron chi connectivity index (χ4n) is 3.22. The monoisotopic (exact) mass is 540 g/mol. The van der Waals surface area contributed by atoms with Gasteiger partial charge in [0.05, 0.1) is 30.5 Å². The minimum Gasteiger partial charge on any atom is -0.490 e. The summed E-state index contributed by atoms with van der Waals surface area (Å²) in [6.45, 7) is 7.53. The van der Waals surface area contributed by atoms with Crippen molar-refractivity contribution in [2.45, 2.75) is 27.4 Å². The van der Waals surface area contributed by atoms with Crippen molar-refractivity contribution in [3.8, 4) is 23.0 Å². The average molecular weight is 541 g/mol. The first-order valence-electron chi connectivity index (χ1n) is 11.4. The molecule has 0 unspecified atom stereocenters. The van der Waals surface area contributed by atoms with Gasteiger partial charge in [0.1, 0.15) is 6.61 Å². The summed E-state index contributed by atoms with van der Waals surface area (Å²) in [5, 5.41) is 4.10. The molecule has 1 N–H and O–H groups in total.